The molecule has 0 radical (unpaired) electrons. The first-order valence-electron chi connectivity index (χ1n) is 20.4. The maximum Gasteiger partial charge on any atom is 0.410 e. The molecule has 12 heteroatoms. The summed E-state index contributed by atoms with van der Waals surface area (Å²) in [6, 6.07) is -1.74. The van der Waals surface area contributed by atoms with Crippen LogP contribution in [-0.4, -0.2) is 103 Å². The summed E-state index contributed by atoms with van der Waals surface area (Å²) in [5, 5.41) is 15.1. The maximum atomic E-state index is 13.5. The number of halogens is 3. The van der Waals surface area contributed by atoms with E-state index in [-0.39, 0.29) is 82.5 Å². The quantitative estimate of drug-likeness (QED) is 0.321. The Balaban J connectivity index is 1.00. The van der Waals surface area contributed by atoms with Crippen molar-refractivity contribution in [3.8, 4) is 0 Å². The standard InChI is InChI=1S/C40H62F3N3O6/c1-22(2)30(52-33(48)45-16-8-17-45)24-19-23(3)29-31(50-24)32(47)37(7)26-10-9-25-35(4,5)28(11-12-38(25)21-39(26,38)14-13-36(29,37)6)51-34(49)46-18-15-44-27(20-46)40(41,42)43/h22-32,44,47H,8-21H2,1-7H3/t23-,24?,25+,26?,27?,28+,29?,30-,31?,32+,36-,37-,38?,39?/m1/s1. The number of nitrogens with zero attached hydrogens (tertiary/aromatic N) is 2. The number of rotatable bonds is 4. The van der Waals surface area contributed by atoms with E-state index in [9.17, 15) is 27.9 Å². The van der Waals surface area contributed by atoms with Crippen LogP contribution in [0.3, 0.4) is 0 Å². The molecule has 7 unspecified atom stereocenters. The largest absolute Gasteiger partial charge is 0.446 e. The van der Waals surface area contributed by atoms with Gasteiger partial charge in [-0.15, -0.1) is 0 Å². The number of amides is 2. The third-order valence-electron chi connectivity index (χ3n) is 17.2. The van der Waals surface area contributed by atoms with Crippen LogP contribution in [0.2, 0.25) is 0 Å². The summed E-state index contributed by atoms with van der Waals surface area (Å²) in [7, 11) is 0. The minimum absolute atomic E-state index is 0.0854. The summed E-state index contributed by atoms with van der Waals surface area (Å²) in [4.78, 5) is 29.3. The van der Waals surface area contributed by atoms with Crippen LogP contribution in [0.4, 0.5) is 22.8 Å². The molecule has 0 aromatic rings. The normalized spacial score (nSPS) is 48.3. The summed E-state index contributed by atoms with van der Waals surface area (Å²) >= 11 is 0. The second kappa shape index (κ2) is 12.1. The molecule has 8 aliphatic rings. The van der Waals surface area contributed by atoms with Crippen molar-refractivity contribution in [1.29, 1.82) is 0 Å². The average Bonchev–Trinajstić information content (AvgIpc) is 3.68. The summed E-state index contributed by atoms with van der Waals surface area (Å²) in [6.45, 7) is 17.0. The Morgan fingerprint density at radius 3 is 2.29 bits per heavy atom. The van der Waals surface area contributed by atoms with Crippen LogP contribution in [0, 0.1) is 56.7 Å². The number of hydrogen-bond acceptors (Lipinski definition) is 7. The first-order valence-corrected chi connectivity index (χ1v) is 20.4. The Labute approximate surface area is 307 Å². The second-order valence-corrected chi connectivity index (χ2v) is 19.9. The number of ether oxygens (including phenoxy) is 3. The molecule has 52 heavy (non-hydrogen) atoms. The first-order chi connectivity index (χ1) is 24.3. The zero-order valence-corrected chi connectivity index (χ0v) is 32.3. The topological polar surface area (TPSA) is 101 Å². The third kappa shape index (κ3) is 5.03. The van der Waals surface area contributed by atoms with Crippen molar-refractivity contribution in [2.45, 2.75) is 149 Å². The highest BCUT2D eigenvalue weighted by Crippen LogP contribution is 2.89. The minimum atomic E-state index is -4.42. The predicted molar refractivity (Wildman–Crippen MR) is 187 cm³/mol. The molecule has 5 aliphatic carbocycles. The van der Waals surface area contributed by atoms with E-state index >= 15 is 0 Å². The number of fused-ring (bicyclic) bond motifs is 4. The van der Waals surface area contributed by atoms with Crippen LogP contribution < -0.4 is 5.32 Å². The molecule has 0 bridgehead atoms. The third-order valence-corrected chi connectivity index (χ3v) is 17.2. The van der Waals surface area contributed by atoms with E-state index < -0.39 is 31.0 Å². The molecule has 9 nitrogen and oxygen atoms in total. The van der Waals surface area contributed by atoms with Gasteiger partial charge in [-0.25, -0.2) is 9.59 Å². The van der Waals surface area contributed by atoms with Crippen molar-refractivity contribution in [3.63, 3.8) is 0 Å². The Hall–Kier alpha value is -1.79. The van der Waals surface area contributed by atoms with Crippen LogP contribution in [0.15, 0.2) is 0 Å². The molecular formula is C40H62F3N3O6. The fourth-order valence-electron chi connectivity index (χ4n) is 14.4. The lowest BCUT2D eigenvalue weighted by Crippen LogP contribution is -2.61. The van der Waals surface area contributed by atoms with Crippen molar-refractivity contribution in [2.24, 2.45) is 56.7 Å². The summed E-state index contributed by atoms with van der Waals surface area (Å²) in [6.07, 6.45) is 1.44. The van der Waals surface area contributed by atoms with Gasteiger partial charge in [0.2, 0.25) is 0 Å². The van der Waals surface area contributed by atoms with Gasteiger partial charge < -0.3 is 34.4 Å². The van der Waals surface area contributed by atoms with Crippen molar-refractivity contribution in [3.05, 3.63) is 0 Å². The molecular weight excluding hydrogens is 675 g/mol. The number of nitrogens with one attached hydrogen (secondary N) is 1. The summed E-state index contributed by atoms with van der Waals surface area (Å²) in [5.41, 5.74) is -0.549. The highest BCUT2D eigenvalue weighted by atomic mass is 19.4. The SMILES string of the molecule is CC(C)[C@@H](OC(=O)N1CCC1)C1C[C@@H](C)C2C(O1)[C@H](O)[C@@]1(C)C3CC[C@H]4C(C)(C)[C@@H](OC(=O)N5CCNC(C(F)(F)F)C5)CCC45CC35CC[C@]21C. The van der Waals surface area contributed by atoms with Gasteiger partial charge >= 0.3 is 18.4 Å². The number of alkyl halides is 3. The second-order valence-electron chi connectivity index (χ2n) is 19.9. The van der Waals surface area contributed by atoms with Gasteiger partial charge in [0, 0.05) is 43.6 Å². The van der Waals surface area contributed by atoms with E-state index in [0.29, 0.717) is 24.2 Å². The molecule has 2 amide bonds. The zero-order valence-electron chi connectivity index (χ0n) is 32.3. The molecule has 2 N–H and O–H groups in total. The zero-order chi connectivity index (χ0) is 37.4. The predicted octanol–water partition coefficient (Wildman–Crippen LogP) is 7.01. The fourth-order valence-corrected chi connectivity index (χ4v) is 14.4. The number of hydrogen-bond donors (Lipinski definition) is 2. The van der Waals surface area contributed by atoms with Crippen LogP contribution in [0.1, 0.15) is 106 Å². The molecule has 3 heterocycles. The van der Waals surface area contributed by atoms with E-state index in [0.717, 1.165) is 64.5 Å². The molecule has 0 aromatic carbocycles. The molecule has 2 spiro atoms. The lowest BCUT2D eigenvalue weighted by Gasteiger charge is -2.63. The molecule has 5 saturated carbocycles. The molecule has 14 atom stereocenters. The smallest absolute Gasteiger partial charge is 0.410 e. The average molecular weight is 738 g/mol. The van der Waals surface area contributed by atoms with Gasteiger partial charge in [-0.05, 0) is 104 Å². The fraction of sp³-hybridized carbons (Fsp3) is 0.950. The van der Waals surface area contributed by atoms with Crippen molar-refractivity contribution >= 4 is 12.2 Å². The van der Waals surface area contributed by atoms with Crippen LogP contribution in [0.5, 0.6) is 0 Å². The lowest BCUT2D eigenvalue weighted by molar-refractivity contribution is -0.186. The van der Waals surface area contributed by atoms with Crippen LogP contribution >= 0.6 is 0 Å². The highest BCUT2D eigenvalue weighted by molar-refractivity contribution is 5.69. The van der Waals surface area contributed by atoms with Gasteiger partial charge in [0.05, 0.1) is 18.3 Å². The minimum Gasteiger partial charge on any atom is -0.446 e. The van der Waals surface area contributed by atoms with E-state index in [1.165, 1.54) is 4.90 Å². The highest BCUT2D eigenvalue weighted by Gasteiger charge is 2.85. The number of aliphatic hydroxyl groups excluding tert-OH is 1. The summed E-state index contributed by atoms with van der Waals surface area (Å²) in [5.74, 6) is 1.27. The lowest BCUT2D eigenvalue weighted by atomic mass is 9.41. The number of likely N-dealkylation sites (tertiary alicyclic amines) is 1. The van der Waals surface area contributed by atoms with E-state index in [1.807, 2.05) is 0 Å². The Bertz CT molecular complexity index is 1440. The molecule has 8 rings (SSSR count). The number of piperazine rings is 1. The van der Waals surface area contributed by atoms with Gasteiger partial charge in [0.1, 0.15) is 18.2 Å². The van der Waals surface area contributed by atoms with Gasteiger partial charge in [-0.2, -0.15) is 13.2 Å². The molecule has 0 aromatic heterocycles. The van der Waals surface area contributed by atoms with Crippen LogP contribution in [-0.2, 0) is 14.2 Å². The number of carbonyl (C=O) groups is 2. The first kappa shape index (κ1) is 37.1. The van der Waals surface area contributed by atoms with Crippen molar-refractivity contribution in [2.75, 3.05) is 32.7 Å². The van der Waals surface area contributed by atoms with E-state index in [4.69, 9.17) is 14.2 Å². The summed E-state index contributed by atoms with van der Waals surface area (Å²) < 4.78 is 59.7. The van der Waals surface area contributed by atoms with Crippen LogP contribution in [0.25, 0.3) is 0 Å². The van der Waals surface area contributed by atoms with Gasteiger partial charge in [-0.1, -0.05) is 48.5 Å². The van der Waals surface area contributed by atoms with Gasteiger partial charge in [-0.3, -0.25) is 0 Å². The van der Waals surface area contributed by atoms with Crippen molar-refractivity contribution < 1.29 is 42.1 Å². The molecule has 294 valence electrons. The Kier molecular flexibility index (Phi) is 8.65. The molecule has 8 fully saturated rings. The monoisotopic (exact) mass is 737 g/mol. The number of aliphatic hydroxyl groups is 1. The molecule has 3 aliphatic heterocycles. The van der Waals surface area contributed by atoms with Gasteiger partial charge in [0.15, 0.2) is 0 Å². The molecule has 3 saturated heterocycles. The van der Waals surface area contributed by atoms with E-state index in [2.05, 4.69) is 53.8 Å². The Morgan fingerprint density at radius 1 is 0.942 bits per heavy atom. The Morgan fingerprint density at radius 2 is 1.63 bits per heavy atom. The van der Waals surface area contributed by atoms with Gasteiger partial charge in [0.25, 0.3) is 0 Å². The van der Waals surface area contributed by atoms with E-state index in [1.54, 1.807) is 4.90 Å². The number of carbonyl (C=O) groups excluding carboxylic acids is 2. The maximum absolute atomic E-state index is 13.5. The van der Waals surface area contributed by atoms with Crippen molar-refractivity contribution in [1.82, 2.24) is 15.1 Å².